The van der Waals surface area contributed by atoms with Crippen LogP contribution in [-0.4, -0.2) is 0 Å². The quantitative estimate of drug-likeness (QED) is 0.439. The summed E-state index contributed by atoms with van der Waals surface area (Å²) >= 11 is 0. The van der Waals surface area contributed by atoms with E-state index in [0.29, 0.717) is 0 Å². The van der Waals surface area contributed by atoms with Crippen molar-refractivity contribution in [3.05, 3.63) is 0 Å². The van der Waals surface area contributed by atoms with Gasteiger partial charge in [-0.1, -0.05) is 0 Å². The third-order valence-corrected chi connectivity index (χ3v) is 0. The second-order valence-corrected chi connectivity index (χ2v) is 52.6. The minimum absolute atomic E-state index is 0. The minimum Gasteiger partial charge on any atom is -0.369 e. The first-order chi connectivity index (χ1) is 2.45. The van der Waals surface area contributed by atoms with E-state index in [1.54, 1.807) is 0 Å². The summed E-state index contributed by atoms with van der Waals surface area (Å²) in [4.78, 5) is 0. The number of halogens is 6. The van der Waals surface area contributed by atoms with Gasteiger partial charge in [-0.25, -0.2) is 0 Å². The Morgan fingerprint density at radius 3 is 0.500 bits per heavy atom. The number of hydrogen-bond acceptors (Lipinski definition) is 0. The van der Waals surface area contributed by atoms with Crippen LogP contribution >= 0.6 is 57.5 Å². The van der Waals surface area contributed by atoms with Gasteiger partial charge >= 0.3 is 64.3 Å². The maximum absolute atomic E-state index is 5.33. The molecular formula is H12Cl6IrN3+. The molecule has 3 nitrogen and oxygen atoms in total. The van der Waals surface area contributed by atoms with Crippen molar-refractivity contribution >= 4 is 57.5 Å². The van der Waals surface area contributed by atoms with Gasteiger partial charge < -0.3 is 18.5 Å². The Morgan fingerprint density at radius 1 is 0.500 bits per heavy atom. The van der Waals surface area contributed by atoms with E-state index < -0.39 is 6.81 Å². The Morgan fingerprint density at radius 2 is 0.500 bits per heavy atom. The molecule has 0 unspecified atom stereocenters. The largest absolute Gasteiger partial charge is 0.369 e. The fourth-order valence-corrected chi connectivity index (χ4v) is 0. The van der Waals surface area contributed by atoms with Crippen molar-refractivity contribution < 1.29 is 6.81 Å². The SMILES string of the molecule is [Cl][Ir-2]([Cl])([Cl])([Cl])([Cl])[Cl].[NH4+].[NH4+].[NH4+]. The van der Waals surface area contributed by atoms with Crippen molar-refractivity contribution in [1.29, 1.82) is 0 Å². The summed E-state index contributed by atoms with van der Waals surface area (Å²) in [5.41, 5.74) is 0. The molecule has 0 heterocycles. The molecule has 10 heavy (non-hydrogen) atoms. The molecule has 0 spiro atoms. The summed E-state index contributed by atoms with van der Waals surface area (Å²) in [5.74, 6) is 0. The molecule has 0 aromatic carbocycles. The zero-order chi connectivity index (χ0) is 6.41. The molecule has 0 aromatic rings. The first kappa shape index (κ1) is 22.8. The Bertz CT molecular complexity index is 71.6. The maximum Gasteiger partial charge on any atom is -0.369 e. The van der Waals surface area contributed by atoms with Crippen LogP contribution in [0.5, 0.6) is 0 Å². The molecule has 77 valence electrons. The van der Waals surface area contributed by atoms with E-state index in [4.69, 9.17) is 57.5 Å². The van der Waals surface area contributed by atoms with E-state index in [0.717, 1.165) is 0 Å². The van der Waals surface area contributed by atoms with Gasteiger partial charge in [-0.05, 0) is 0 Å². The molecule has 0 bridgehead atoms. The van der Waals surface area contributed by atoms with Crippen molar-refractivity contribution in [1.82, 2.24) is 18.5 Å². The van der Waals surface area contributed by atoms with E-state index in [1.165, 1.54) is 0 Å². The van der Waals surface area contributed by atoms with Gasteiger partial charge in [-0.3, -0.25) is 0 Å². The van der Waals surface area contributed by atoms with E-state index >= 15 is 0 Å². The molecule has 10 heteroatoms. The summed E-state index contributed by atoms with van der Waals surface area (Å²) in [5, 5.41) is 0. The molecule has 0 rings (SSSR count). The fourth-order valence-electron chi connectivity index (χ4n) is 0. The molecule has 0 aliphatic heterocycles. The van der Waals surface area contributed by atoms with Crippen molar-refractivity contribution in [2.45, 2.75) is 0 Å². The van der Waals surface area contributed by atoms with Crippen LogP contribution in [0.25, 0.3) is 0 Å². The zero-order valence-corrected chi connectivity index (χ0v) is 12.5. The molecule has 0 amide bonds. The second-order valence-electron chi connectivity index (χ2n) is 0.714. The van der Waals surface area contributed by atoms with Gasteiger partial charge in [0, 0.05) is 0 Å². The maximum atomic E-state index is 5.06. The number of hydrogen-bond donors (Lipinski definition) is 3. The van der Waals surface area contributed by atoms with Crippen LogP contribution in [0.15, 0.2) is 0 Å². The van der Waals surface area contributed by atoms with Crippen LogP contribution in [0.1, 0.15) is 0 Å². The Balaban J connectivity index is -0.0000000600. The van der Waals surface area contributed by atoms with E-state index in [1.807, 2.05) is 0 Å². The van der Waals surface area contributed by atoms with Gasteiger partial charge in [0.25, 0.3) is 0 Å². The van der Waals surface area contributed by atoms with E-state index in [9.17, 15) is 0 Å². The van der Waals surface area contributed by atoms with Gasteiger partial charge in [0.1, 0.15) is 0 Å². The van der Waals surface area contributed by atoms with E-state index in [-0.39, 0.29) is 18.5 Å². The summed E-state index contributed by atoms with van der Waals surface area (Å²) < 4.78 is 0. The van der Waals surface area contributed by atoms with Crippen LogP contribution < -0.4 is 18.5 Å². The van der Waals surface area contributed by atoms with Gasteiger partial charge in [0.2, 0.25) is 0 Å². The van der Waals surface area contributed by atoms with E-state index in [2.05, 4.69) is 0 Å². The van der Waals surface area contributed by atoms with Gasteiger partial charge in [0.15, 0.2) is 0 Å². The number of quaternary nitrogens is 3. The molecular weight excluding hydrogens is 447 g/mol. The average Bonchev–Trinajstić information content (AvgIpc) is 0.592. The summed E-state index contributed by atoms with van der Waals surface area (Å²) in [6, 6.07) is 0. The normalized spacial score (nSPS) is 16.2. The average molecular weight is 459 g/mol. The monoisotopic (exact) mass is 457 g/mol. The number of rotatable bonds is 0. The van der Waals surface area contributed by atoms with Crippen molar-refractivity contribution in [3.63, 3.8) is 0 Å². The fraction of sp³-hybridized carbons (Fsp3) is 0. The third-order valence-electron chi connectivity index (χ3n) is 0. The molecule has 0 saturated carbocycles. The Hall–Kier alpha value is 2.27. The van der Waals surface area contributed by atoms with Crippen LogP contribution in [0.4, 0.5) is 0 Å². The van der Waals surface area contributed by atoms with Gasteiger partial charge in [-0.15, -0.1) is 0 Å². The van der Waals surface area contributed by atoms with Gasteiger partial charge in [0.05, 0.1) is 0 Å². The predicted molar refractivity (Wildman–Crippen MR) is 53.1 cm³/mol. The topological polar surface area (TPSA) is 110 Å². The zero-order valence-electron chi connectivity index (χ0n) is 5.60. The van der Waals surface area contributed by atoms with Crippen molar-refractivity contribution in [2.75, 3.05) is 0 Å². The second kappa shape index (κ2) is 3.99. The molecule has 0 aliphatic carbocycles. The predicted octanol–water partition coefficient (Wildman–Crippen LogP) is 5.26. The van der Waals surface area contributed by atoms with Crippen LogP contribution in [-0.2, 0) is 6.81 Å². The van der Waals surface area contributed by atoms with Crippen LogP contribution in [0, 0.1) is 0 Å². The summed E-state index contributed by atoms with van der Waals surface area (Å²) in [7, 11) is 30.3. The molecule has 12 N–H and O–H groups in total. The molecule has 0 fully saturated rings. The minimum atomic E-state index is -5.33. The first-order valence-corrected chi connectivity index (χ1v) is 18.6. The Labute approximate surface area is 81.9 Å². The van der Waals surface area contributed by atoms with Crippen LogP contribution in [0.3, 0.4) is 0 Å². The molecule has 0 aliphatic rings. The Kier molecular flexibility index (Phi) is 9.08. The van der Waals surface area contributed by atoms with Gasteiger partial charge in [-0.2, -0.15) is 0 Å². The third kappa shape index (κ3) is 171. The summed E-state index contributed by atoms with van der Waals surface area (Å²) in [6.45, 7) is -5.33. The molecule has 0 radical (unpaired) electrons. The molecule has 0 saturated heterocycles. The van der Waals surface area contributed by atoms with Crippen molar-refractivity contribution in [2.24, 2.45) is 0 Å². The standard InChI is InChI=1S/6ClH.Ir.3H3N/h6*1H;;3*1H3/q;;;;;;+4;;;/p-3. The van der Waals surface area contributed by atoms with Crippen molar-refractivity contribution in [3.8, 4) is 0 Å². The smallest absolute Gasteiger partial charge is 0.369 e. The summed E-state index contributed by atoms with van der Waals surface area (Å²) in [6.07, 6.45) is 0. The first-order valence-electron chi connectivity index (χ1n) is 0.756. The molecule has 0 atom stereocenters. The molecule has 0 aromatic heterocycles. The van der Waals surface area contributed by atoms with Crippen LogP contribution in [0.2, 0.25) is 0 Å².